The SMILES string of the molecule is O=[N+]([O-])c1ccccc1C(O)P(=O)(O)O.c1ccc2c(c1)S2. The van der Waals surface area contributed by atoms with Crippen molar-refractivity contribution in [3.8, 4) is 0 Å². The first-order valence-electron chi connectivity index (χ1n) is 6.04. The number of hydrogen-bond donors (Lipinski definition) is 3. The van der Waals surface area contributed by atoms with Gasteiger partial charge in [0.2, 0.25) is 0 Å². The van der Waals surface area contributed by atoms with E-state index in [1.165, 1.54) is 21.9 Å². The van der Waals surface area contributed by atoms with Crippen LogP contribution in [0.1, 0.15) is 11.4 Å². The molecule has 0 saturated heterocycles. The molecule has 1 unspecified atom stereocenters. The molecule has 0 fully saturated rings. The highest BCUT2D eigenvalue weighted by Gasteiger charge is 2.33. The van der Waals surface area contributed by atoms with Crippen LogP contribution in [0.2, 0.25) is 0 Å². The second kappa shape index (κ2) is 6.60. The van der Waals surface area contributed by atoms with Crippen LogP contribution < -0.4 is 0 Å². The van der Waals surface area contributed by atoms with Crippen LogP contribution in [-0.4, -0.2) is 19.8 Å². The van der Waals surface area contributed by atoms with Crippen LogP contribution >= 0.6 is 19.4 Å². The first kappa shape index (κ1) is 16.7. The summed E-state index contributed by atoms with van der Waals surface area (Å²) in [4.78, 5) is 29.9. The fraction of sp³-hybridized carbons (Fsp3) is 0.0769. The van der Waals surface area contributed by atoms with E-state index in [-0.39, 0.29) is 0 Å². The Hall–Kier alpha value is -1.70. The number of benzene rings is 2. The molecule has 9 heteroatoms. The molecule has 2 aromatic rings. The molecule has 0 bridgehead atoms. The van der Waals surface area contributed by atoms with Crippen LogP contribution in [0.15, 0.2) is 58.3 Å². The Morgan fingerprint density at radius 3 is 2.00 bits per heavy atom. The topological polar surface area (TPSA) is 121 Å². The van der Waals surface area contributed by atoms with E-state index in [1.807, 2.05) is 11.8 Å². The molecule has 116 valence electrons. The third kappa shape index (κ3) is 4.16. The summed E-state index contributed by atoms with van der Waals surface area (Å²) in [6.45, 7) is 0. The van der Waals surface area contributed by atoms with Crippen LogP contribution in [0.25, 0.3) is 0 Å². The fourth-order valence-electron chi connectivity index (χ4n) is 1.66. The third-order valence-electron chi connectivity index (χ3n) is 2.76. The minimum atomic E-state index is -4.79. The zero-order valence-electron chi connectivity index (χ0n) is 11.1. The maximum absolute atomic E-state index is 10.7. The Morgan fingerprint density at radius 2 is 1.55 bits per heavy atom. The Labute approximate surface area is 129 Å². The highest BCUT2D eigenvalue weighted by molar-refractivity contribution is 8.04. The number of nitro groups is 1. The maximum Gasteiger partial charge on any atom is 0.358 e. The molecule has 3 rings (SSSR count). The van der Waals surface area contributed by atoms with Crippen LogP contribution in [0.5, 0.6) is 0 Å². The summed E-state index contributed by atoms with van der Waals surface area (Å²) in [7, 11) is -4.79. The Kier molecular flexibility index (Phi) is 5.00. The number of aliphatic hydroxyl groups is 1. The number of para-hydroxylation sites is 1. The molecule has 1 aliphatic rings. The Balaban J connectivity index is 0.000000205. The second-order valence-electron chi connectivity index (χ2n) is 4.33. The normalized spacial score (nSPS) is 13.4. The molecule has 3 N–H and O–H groups in total. The molecule has 0 aromatic heterocycles. The lowest BCUT2D eigenvalue weighted by Gasteiger charge is -2.12. The average Bonchev–Trinajstić information content (AvgIpc) is 3.25. The largest absolute Gasteiger partial charge is 0.376 e. The van der Waals surface area contributed by atoms with Crippen LogP contribution in [0.3, 0.4) is 0 Å². The summed E-state index contributed by atoms with van der Waals surface area (Å²) in [6, 6.07) is 13.3. The average molecular weight is 341 g/mol. The second-order valence-corrected chi connectivity index (χ2v) is 7.08. The predicted molar refractivity (Wildman–Crippen MR) is 80.7 cm³/mol. The molecule has 1 heterocycles. The smallest absolute Gasteiger partial charge is 0.358 e. The predicted octanol–water partition coefficient (Wildman–Crippen LogP) is 2.91. The lowest BCUT2D eigenvalue weighted by molar-refractivity contribution is -0.386. The van der Waals surface area contributed by atoms with E-state index in [4.69, 9.17) is 9.79 Å². The van der Waals surface area contributed by atoms with Gasteiger partial charge in [-0.1, -0.05) is 36.0 Å². The van der Waals surface area contributed by atoms with Crippen molar-refractivity contribution in [3.63, 3.8) is 0 Å². The molecular weight excluding hydrogens is 329 g/mol. The van der Waals surface area contributed by atoms with Gasteiger partial charge in [0.15, 0.2) is 5.85 Å². The lowest BCUT2D eigenvalue weighted by Crippen LogP contribution is -2.02. The van der Waals surface area contributed by atoms with E-state index >= 15 is 0 Å². The molecule has 1 atom stereocenters. The number of fused-ring (bicyclic) bond motifs is 1. The van der Waals surface area contributed by atoms with Gasteiger partial charge in [-0.25, -0.2) is 0 Å². The van der Waals surface area contributed by atoms with Gasteiger partial charge in [-0.05, 0) is 18.2 Å². The van der Waals surface area contributed by atoms with Crippen molar-refractivity contribution in [2.24, 2.45) is 0 Å². The standard InChI is InChI=1S/C7H8NO6P.C6H4S/c9-7(15(12,13)14)5-3-1-2-4-6(5)8(10)11;1-2-4-6-5(3-1)7-6/h1-4,7,9H,(H2,12,13,14);1-4H. The molecular formula is C13H12NO6PS. The molecule has 0 saturated carbocycles. The molecule has 7 nitrogen and oxygen atoms in total. The summed E-state index contributed by atoms with van der Waals surface area (Å²) in [5.74, 6) is -2.17. The van der Waals surface area contributed by atoms with E-state index in [9.17, 15) is 19.8 Å². The summed E-state index contributed by atoms with van der Waals surface area (Å²) in [6.07, 6.45) is 0. The number of rotatable bonds is 3. The van der Waals surface area contributed by atoms with Crippen molar-refractivity contribution in [2.45, 2.75) is 15.6 Å². The van der Waals surface area contributed by atoms with Crippen molar-refractivity contribution in [3.05, 3.63) is 64.2 Å². The van der Waals surface area contributed by atoms with Gasteiger partial charge in [0, 0.05) is 15.9 Å². The van der Waals surface area contributed by atoms with Gasteiger partial charge in [0.25, 0.3) is 5.69 Å². The quantitative estimate of drug-likeness (QED) is 0.290. The molecule has 2 aromatic carbocycles. The van der Waals surface area contributed by atoms with E-state index in [0.717, 1.165) is 12.1 Å². The molecule has 22 heavy (non-hydrogen) atoms. The van der Waals surface area contributed by atoms with Crippen molar-refractivity contribution < 1.29 is 24.4 Å². The maximum atomic E-state index is 10.7. The van der Waals surface area contributed by atoms with Crippen molar-refractivity contribution in [1.82, 2.24) is 0 Å². The van der Waals surface area contributed by atoms with Crippen LogP contribution in [0.4, 0.5) is 5.69 Å². The van der Waals surface area contributed by atoms with Crippen molar-refractivity contribution >= 4 is 25.0 Å². The van der Waals surface area contributed by atoms with Gasteiger partial charge in [0.1, 0.15) is 0 Å². The molecule has 0 radical (unpaired) electrons. The molecule has 0 aliphatic carbocycles. The first-order valence-corrected chi connectivity index (χ1v) is 8.54. The monoisotopic (exact) mass is 341 g/mol. The summed E-state index contributed by atoms with van der Waals surface area (Å²) in [5, 5.41) is 19.7. The van der Waals surface area contributed by atoms with Gasteiger partial charge in [-0.15, -0.1) is 0 Å². The minimum absolute atomic E-state index is 0.393. The van der Waals surface area contributed by atoms with Crippen LogP contribution in [-0.2, 0) is 4.57 Å². The molecule has 0 spiro atoms. The van der Waals surface area contributed by atoms with Gasteiger partial charge in [-0.2, -0.15) is 0 Å². The van der Waals surface area contributed by atoms with E-state index < -0.39 is 29.6 Å². The number of nitro benzene ring substituents is 1. The van der Waals surface area contributed by atoms with Gasteiger partial charge in [-0.3, -0.25) is 14.7 Å². The first-order chi connectivity index (χ1) is 10.3. The Morgan fingerprint density at radius 1 is 1.05 bits per heavy atom. The van der Waals surface area contributed by atoms with Crippen molar-refractivity contribution in [2.75, 3.05) is 0 Å². The minimum Gasteiger partial charge on any atom is -0.376 e. The third-order valence-corrected chi connectivity index (χ3v) is 4.62. The van der Waals surface area contributed by atoms with E-state index in [1.54, 1.807) is 0 Å². The van der Waals surface area contributed by atoms with Gasteiger partial charge in [0.05, 0.1) is 10.5 Å². The van der Waals surface area contributed by atoms with Crippen molar-refractivity contribution in [1.29, 1.82) is 0 Å². The molecule has 1 aliphatic heterocycles. The molecule has 0 amide bonds. The lowest BCUT2D eigenvalue weighted by atomic mass is 10.2. The summed E-state index contributed by atoms with van der Waals surface area (Å²) >= 11 is 1.86. The van der Waals surface area contributed by atoms with Gasteiger partial charge < -0.3 is 14.9 Å². The fourth-order valence-corrected chi connectivity index (χ4v) is 2.86. The number of nitrogens with zero attached hydrogens (tertiary/aromatic N) is 1. The number of aliphatic hydroxyl groups excluding tert-OH is 1. The zero-order chi connectivity index (χ0) is 16.3. The van der Waals surface area contributed by atoms with E-state index in [2.05, 4.69) is 24.3 Å². The highest BCUT2D eigenvalue weighted by Crippen LogP contribution is 2.51. The van der Waals surface area contributed by atoms with E-state index in [0.29, 0.717) is 0 Å². The number of hydrogen-bond acceptors (Lipinski definition) is 5. The van der Waals surface area contributed by atoms with Crippen LogP contribution in [0, 0.1) is 10.1 Å². The Bertz CT molecular complexity index is 726. The summed E-state index contributed by atoms with van der Waals surface area (Å²) < 4.78 is 10.7. The van der Waals surface area contributed by atoms with Gasteiger partial charge >= 0.3 is 7.60 Å². The highest BCUT2D eigenvalue weighted by atomic mass is 32.2. The zero-order valence-corrected chi connectivity index (χ0v) is 12.8. The summed E-state index contributed by atoms with van der Waals surface area (Å²) in [5.41, 5.74) is -0.913.